The molecule has 1 N–H and O–H groups in total. The minimum atomic E-state index is -1.05. The molecule has 2 atom stereocenters. The van der Waals surface area contributed by atoms with Gasteiger partial charge in [0.15, 0.2) is 0 Å². The zero-order valence-corrected chi connectivity index (χ0v) is 18.0. The van der Waals surface area contributed by atoms with Crippen LogP contribution in [0.3, 0.4) is 0 Å². The molecule has 1 saturated heterocycles. The smallest absolute Gasteiger partial charge is 0.295 e. The van der Waals surface area contributed by atoms with Gasteiger partial charge in [-0.15, -0.1) is 0 Å². The van der Waals surface area contributed by atoms with E-state index in [1.165, 1.54) is 17.0 Å². The number of amides is 1. The van der Waals surface area contributed by atoms with Gasteiger partial charge in [0.2, 0.25) is 0 Å². The standard InChI is InChI=1S/C27H22FNO4/c1-16-13-19-14-18(11-12-22(19)33-16)25(30)23-24(20-9-5-6-10-21(20)28)29(27(32)26(23)31)15-17-7-3-2-4-8-17/h2-12,14,16,24,30H,13,15H2,1H3/t16-,24-/m0/s1. The molecule has 0 radical (unpaired) electrons. The van der Waals surface area contributed by atoms with Gasteiger partial charge in [-0.05, 0) is 42.3 Å². The van der Waals surface area contributed by atoms with Gasteiger partial charge in [0.25, 0.3) is 11.7 Å². The van der Waals surface area contributed by atoms with Crippen molar-refractivity contribution in [3.8, 4) is 5.75 Å². The number of rotatable bonds is 4. The van der Waals surface area contributed by atoms with Crippen molar-refractivity contribution in [2.24, 2.45) is 0 Å². The van der Waals surface area contributed by atoms with E-state index in [-0.39, 0.29) is 29.5 Å². The number of ether oxygens (including phenoxy) is 1. The van der Waals surface area contributed by atoms with Gasteiger partial charge in [-0.25, -0.2) is 4.39 Å². The SMILES string of the molecule is C[C@H]1Cc2cc(C(O)=C3C(=O)C(=O)N(Cc4ccccc4)[C@H]3c3ccccc3F)ccc2O1. The molecule has 0 bridgehead atoms. The molecule has 5 rings (SSSR count). The van der Waals surface area contributed by atoms with Crippen LogP contribution < -0.4 is 4.74 Å². The number of carbonyl (C=O) groups is 2. The van der Waals surface area contributed by atoms with Gasteiger partial charge in [-0.1, -0.05) is 48.5 Å². The van der Waals surface area contributed by atoms with Crippen molar-refractivity contribution in [1.29, 1.82) is 0 Å². The second-order valence-corrected chi connectivity index (χ2v) is 8.39. The summed E-state index contributed by atoms with van der Waals surface area (Å²) in [7, 11) is 0. The highest BCUT2D eigenvalue weighted by atomic mass is 19.1. The number of aliphatic hydroxyl groups is 1. The number of likely N-dealkylation sites (tertiary alicyclic amines) is 1. The van der Waals surface area contributed by atoms with E-state index in [4.69, 9.17) is 4.74 Å². The van der Waals surface area contributed by atoms with Crippen LogP contribution >= 0.6 is 0 Å². The van der Waals surface area contributed by atoms with Crippen LogP contribution in [-0.4, -0.2) is 27.8 Å². The van der Waals surface area contributed by atoms with Crippen LogP contribution in [0.25, 0.3) is 5.76 Å². The first-order chi connectivity index (χ1) is 15.9. The van der Waals surface area contributed by atoms with Crippen molar-refractivity contribution in [3.05, 3.63) is 106 Å². The molecule has 3 aromatic rings. The highest BCUT2D eigenvalue weighted by Gasteiger charge is 2.47. The second kappa shape index (κ2) is 8.20. The van der Waals surface area contributed by atoms with Crippen molar-refractivity contribution >= 4 is 17.4 Å². The summed E-state index contributed by atoms with van der Waals surface area (Å²) >= 11 is 0. The Balaban J connectivity index is 1.65. The average Bonchev–Trinajstić information content (AvgIpc) is 3.31. The Morgan fingerprint density at radius 1 is 1.06 bits per heavy atom. The molecule has 6 heteroatoms. The van der Waals surface area contributed by atoms with Crippen molar-refractivity contribution < 1.29 is 23.8 Å². The third-order valence-electron chi connectivity index (χ3n) is 6.10. The highest BCUT2D eigenvalue weighted by molar-refractivity contribution is 6.46. The van der Waals surface area contributed by atoms with Crippen molar-refractivity contribution in [2.75, 3.05) is 0 Å². The molecule has 2 heterocycles. The molecule has 0 saturated carbocycles. The van der Waals surface area contributed by atoms with E-state index in [2.05, 4.69) is 0 Å². The number of fused-ring (bicyclic) bond motifs is 1. The lowest BCUT2D eigenvalue weighted by atomic mass is 9.94. The summed E-state index contributed by atoms with van der Waals surface area (Å²) in [6, 6.07) is 19.3. The summed E-state index contributed by atoms with van der Waals surface area (Å²) in [6.07, 6.45) is 0.697. The second-order valence-electron chi connectivity index (χ2n) is 8.39. The highest BCUT2D eigenvalue weighted by Crippen LogP contribution is 2.42. The third kappa shape index (κ3) is 3.67. The number of aliphatic hydroxyl groups excluding tert-OH is 1. The normalized spacial score (nSPS) is 21.2. The van der Waals surface area contributed by atoms with E-state index in [1.54, 1.807) is 30.3 Å². The number of carbonyl (C=O) groups excluding carboxylic acids is 2. The van der Waals surface area contributed by atoms with E-state index in [9.17, 15) is 19.1 Å². The van der Waals surface area contributed by atoms with Crippen LogP contribution in [0.5, 0.6) is 5.75 Å². The molecule has 166 valence electrons. The van der Waals surface area contributed by atoms with Crippen molar-refractivity contribution in [1.82, 2.24) is 4.90 Å². The van der Waals surface area contributed by atoms with Gasteiger partial charge in [-0.2, -0.15) is 0 Å². The number of ketones is 1. The van der Waals surface area contributed by atoms with Crippen LogP contribution in [0, 0.1) is 5.82 Å². The van der Waals surface area contributed by atoms with Gasteiger partial charge in [0.05, 0.1) is 11.6 Å². The van der Waals surface area contributed by atoms with E-state index < -0.39 is 23.5 Å². The predicted octanol–water partition coefficient (Wildman–Crippen LogP) is 4.77. The first kappa shape index (κ1) is 20.9. The van der Waals surface area contributed by atoms with Crippen LogP contribution in [0.4, 0.5) is 4.39 Å². The summed E-state index contributed by atoms with van der Waals surface area (Å²) < 4.78 is 20.6. The lowest BCUT2D eigenvalue weighted by Gasteiger charge is -2.25. The Bertz CT molecular complexity index is 1280. The van der Waals surface area contributed by atoms with Gasteiger partial charge in [-0.3, -0.25) is 9.59 Å². The summed E-state index contributed by atoms with van der Waals surface area (Å²) in [5, 5.41) is 11.2. The Morgan fingerprint density at radius 3 is 2.55 bits per heavy atom. The molecule has 2 aliphatic heterocycles. The van der Waals surface area contributed by atoms with Gasteiger partial charge < -0.3 is 14.7 Å². The molecular weight excluding hydrogens is 421 g/mol. The number of halogens is 1. The molecule has 2 aliphatic rings. The van der Waals surface area contributed by atoms with Gasteiger partial charge in [0, 0.05) is 24.1 Å². The lowest BCUT2D eigenvalue weighted by Crippen LogP contribution is -2.29. The monoisotopic (exact) mass is 443 g/mol. The quantitative estimate of drug-likeness (QED) is 0.358. The van der Waals surface area contributed by atoms with E-state index in [0.717, 1.165) is 16.9 Å². The molecular formula is C27H22FNO4. The minimum Gasteiger partial charge on any atom is -0.507 e. The zero-order chi connectivity index (χ0) is 23.1. The molecule has 3 aromatic carbocycles. The summed E-state index contributed by atoms with van der Waals surface area (Å²) in [5.41, 5.74) is 2.14. The Kier molecular flexibility index (Phi) is 5.21. The number of hydrogen-bond donors (Lipinski definition) is 1. The Hall–Kier alpha value is -3.93. The topological polar surface area (TPSA) is 66.8 Å². The van der Waals surface area contributed by atoms with E-state index in [0.29, 0.717) is 12.0 Å². The number of hydrogen-bond acceptors (Lipinski definition) is 4. The fraction of sp³-hybridized carbons (Fsp3) is 0.185. The molecule has 0 aromatic heterocycles. The number of benzene rings is 3. The summed E-state index contributed by atoms with van der Waals surface area (Å²) in [5.74, 6) is -1.74. The third-order valence-corrected chi connectivity index (χ3v) is 6.10. The van der Waals surface area contributed by atoms with Crippen LogP contribution in [-0.2, 0) is 22.6 Å². The fourth-order valence-corrected chi connectivity index (χ4v) is 4.57. The maximum Gasteiger partial charge on any atom is 0.295 e. The minimum absolute atomic E-state index is 0.0206. The Morgan fingerprint density at radius 2 is 1.79 bits per heavy atom. The van der Waals surface area contributed by atoms with Crippen LogP contribution in [0.2, 0.25) is 0 Å². The van der Waals surface area contributed by atoms with Crippen molar-refractivity contribution in [3.63, 3.8) is 0 Å². The van der Waals surface area contributed by atoms with Gasteiger partial charge in [0.1, 0.15) is 23.4 Å². The zero-order valence-electron chi connectivity index (χ0n) is 18.0. The Labute approximate surface area is 190 Å². The molecule has 33 heavy (non-hydrogen) atoms. The maximum atomic E-state index is 14.9. The first-order valence-corrected chi connectivity index (χ1v) is 10.8. The summed E-state index contributed by atoms with van der Waals surface area (Å²) in [4.78, 5) is 27.5. The van der Waals surface area contributed by atoms with Gasteiger partial charge >= 0.3 is 0 Å². The molecule has 0 aliphatic carbocycles. The average molecular weight is 443 g/mol. The fourth-order valence-electron chi connectivity index (χ4n) is 4.57. The molecule has 0 unspecified atom stereocenters. The first-order valence-electron chi connectivity index (χ1n) is 10.8. The van der Waals surface area contributed by atoms with E-state index in [1.807, 2.05) is 37.3 Å². The van der Waals surface area contributed by atoms with Crippen LogP contribution in [0.15, 0.2) is 78.4 Å². The van der Waals surface area contributed by atoms with Crippen LogP contribution in [0.1, 0.15) is 35.2 Å². The number of nitrogens with zero attached hydrogens (tertiary/aromatic N) is 1. The molecule has 5 nitrogen and oxygen atoms in total. The van der Waals surface area contributed by atoms with Crippen molar-refractivity contribution in [2.45, 2.75) is 32.0 Å². The predicted molar refractivity (Wildman–Crippen MR) is 121 cm³/mol. The van der Waals surface area contributed by atoms with E-state index >= 15 is 0 Å². The molecule has 0 spiro atoms. The molecule has 1 fully saturated rings. The number of Topliss-reactive ketones (excluding diaryl/α,β-unsaturated/α-hetero) is 1. The maximum absolute atomic E-state index is 14.9. The summed E-state index contributed by atoms with van der Waals surface area (Å²) in [6.45, 7) is 2.06. The largest absolute Gasteiger partial charge is 0.507 e. The lowest BCUT2D eigenvalue weighted by molar-refractivity contribution is -0.140. The molecule has 1 amide bonds.